The minimum absolute atomic E-state index is 0.0113. The summed E-state index contributed by atoms with van der Waals surface area (Å²) in [6.07, 6.45) is 3.87. The molecule has 0 aliphatic heterocycles. The number of nitrogens with zero attached hydrogens (tertiary/aromatic N) is 1. The highest BCUT2D eigenvalue weighted by molar-refractivity contribution is 5.83. The van der Waals surface area contributed by atoms with Gasteiger partial charge in [0.1, 0.15) is 5.60 Å². The maximum atomic E-state index is 10.6. The van der Waals surface area contributed by atoms with Crippen molar-refractivity contribution in [2.45, 2.75) is 124 Å². The summed E-state index contributed by atoms with van der Waals surface area (Å²) in [6, 6.07) is 13.8. The molecule has 0 saturated carbocycles. The summed E-state index contributed by atoms with van der Waals surface area (Å²) in [5, 5.41) is 10.6. The largest absolute Gasteiger partial charge is 0.378 e. The van der Waals surface area contributed by atoms with Gasteiger partial charge in [0.2, 0.25) is 0 Å². The van der Waals surface area contributed by atoms with Gasteiger partial charge >= 0.3 is 0 Å². The van der Waals surface area contributed by atoms with Gasteiger partial charge in [0.15, 0.2) is 0 Å². The standard InChI is InChI=1S/C38H51NO/c1-34(2,3)27-17-25(18-28(21-27)35(4,5)6)32-23-39-24-33(31(32)15-16-38(13,14)40)26-19-29(36(7,8)9)22-30(20-26)37(10,11)12/h17-24,40H,1-14H3. The van der Waals surface area contributed by atoms with Crippen LogP contribution in [0.1, 0.15) is 125 Å². The van der Waals surface area contributed by atoms with Crippen molar-refractivity contribution in [2.24, 2.45) is 0 Å². The van der Waals surface area contributed by atoms with Crippen LogP contribution in [-0.4, -0.2) is 15.7 Å². The zero-order valence-electron chi connectivity index (χ0n) is 27.5. The Kier molecular flexibility index (Phi) is 8.30. The Hall–Kier alpha value is -2.89. The van der Waals surface area contributed by atoms with Crippen LogP contribution in [0.3, 0.4) is 0 Å². The minimum atomic E-state index is -1.12. The van der Waals surface area contributed by atoms with E-state index in [4.69, 9.17) is 4.98 Å². The van der Waals surface area contributed by atoms with Gasteiger partial charge in [-0.2, -0.15) is 0 Å². The Morgan fingerprint density at radius 1 is 0.500 bits per heavy atom. The van der Waals surface area contributed by atoms with Crippen molar-refractivity contribution >= 4 is 0 Å². The third kappa shape index (κ3) is 7.64. The molecule has 1 N–H and O–H groups in total. The molecule has 0 unspecified atom stereocenters. The first kappa shape index (κ1) is 31.6. The molecule has 1 heterocycles. The molecule has 214 valence electrons. The topological polar surface area (TPSA) is 33.1 Å². The van der Waals surface area contributed by atoms with Crippen LogP contribution in [0.25, 0.3) is 22.3 Å². The van der Waals surface area contributed by atoms with Crippen molar-refractivity contribution in [2.75, 3.05) is 0 Å². The van der Waals surface area contributed by atoms with Crippen molar-refractivity contribution in [3.63, 3.8) is 0 Å². The number of hydrogen-bond donors (Lipinski definition) is 1. The first-order valence-electron chi connectivity index (χ1n) is 14.5. The predicted molar refractivity (Wildman–Crippen MR) is 173 cm³/mol. The zero-order valence-corrected chi connectivity index (χ0v) is 27.5. The smallest absolute Gasteiger partial charge is 0.120 e. The van der Waals surface area contributed by atoms with Gasteiger partial charge in [0.25, 0.3) is 0 Å². The molecular formula is C38H51NO. The van der Waals surface area contributed by atoms with E-state index < -0.39 is 5.60 Å². The fourth-order valence-corrected chi connectivity index (χ4v) is 4.55. The number of aromatic nitrogens is 1. The SMILES string of the molecule is CC(C)(O)C#Cc1c(-c2cc(C(C)(C)C)cc(C(C)(C)C)c2)cncc1-c1cc(C(C)(C)C)cc(C(C)(C)C)c1. The number of pyridine rings is 1. The third-order valence-corrected chi connectivity index (χ3v) is 7.39. The van der Waals surface area contributed by atoms with E-state index in [1.54, 1.807) is 13.8 Å². The van der Waals surface area contributed by atoms with Gasteiger partial charge in [-0.15, -0.1) is 0 Å². The van der Waals surface area contributed by atoms with Crippen molar-refractivity contribution < 1.29 is 5.11 Å². The Balaban J connectivity index is 2.47. The van der Waals surface area contributed by atoms with Crippen molar-refractivity contribution in [3.8, 4) is 34.1 Å². The van der Waals surface area contributed by atoms with E-state index in [1.807, 2.05) is 12.4 Å². The molecule has 0 aliphatic carbocycles. The third-order valence-electron chi connectivity index (χ3n) is 7.39. The molecule has 2 nitrogen and oxygen atoms in total. The average molecular weight is 538 g/mol. The normalized spacial score (nSPS) is 13.2. The van der Waals surface area contributed by atoms with Crippen LogP contribution >= 0.6 is 0 Å². The molecule has 3 aromatic rings. The van der Waals surface area contributed by atoms with E-state index >= 15 is 0 Å². The van der Waals surface area contributed by atoms with E-state index in [-0.39, 0.29) is 21.7 Å². The van der Waals surface area contributed by atoms with Gasteiger partial charge in [-0.05, 0) is 68.9 Å². The van der Waals surface area contributed by atoms with Crippen molar-refractivity contribution in [1.82, 2.24) is 4.98 Å². The monoisotopic (exact) mass is 537 g/mol. The van der Waals surface area contributed by atoms with Crippen LogP contribution < -0.4 is 0 Å². The molecule has 0 fully saturated rings. The van der Waals surface area contributed by atoms with Gasteiger partial charge in [0, 0.05) is 29.1 Å². The first-order chi connectivity index (χ1) is 18.0. The van der Waals surface area contributed by atoms with Crippen LogP contribution in [0.15, 0.2) is 48.8 Å². The quantitative estimate of drug-likeness (QED) is 0.330. The van der Waals surface area contributed by atoms with Crippen LogP contribution in [0.2, 0.25) is 0 Å². The second-order valence-electron chi connectivity index (χ2n) is 16.0. The Bertz CT molecular complexity index is 1290. The molecule has 0 radical (unpaired) electrons. The lowest BCUT2D eigenvalue weighted by Crippen LogP contribution is -2.17. The molecule has 1 aromatic heterocycles. The van der Waals surface area contributed by atoms with Gasteiger partial charge in [-0.1, -0.05) is 131 Å². The van der Waals surface area contributed by atoms with E-state index in [0.717, 1.165) is 27.8 Å². The number of rotatable bonds is 2. The summed E-state index contributed by atoms with van der Waals surface area (Å²) in [5.41, 5.74) is 9.06. The first-order valence-corrected chi connectivity index (χ1v) is 14.5. The molecule has 0 saturated heterocycles. The van der Waals surface area contributed by atoms with E-state index in [2.05, 4.69) is 131 Å². The van der Waals surface area contributed by atoms with E-state index in [9.17, 15) is 5.11 Å². The van der Waals surface area contributed by atoms with Crippen LogP contribution in [0.5, 0.6) is 0 Å². The number of benzene rings is 2. The van der Waals surface area contributed by atoms with Crippen molar-refractivity contribution in [3.05, 3.63) is 76.6 Å². The highest BCUT2D eigenvalue weighted by Crippen LogP contribution is 2.39. The van der Waals surface area contributed by atoms with Crippen LogP contribution in [-0.2, 0) is 21.7 Å². The fourth-order valence-electron chi connectivity index (χ4n) is 4.55. The minimum Gasteiger partial charge on any atom is -0.378 e. The maximum absolute atomic E-state index is 10.6. The lowest BCUT2D eigenvalue weighted by Gasteiger charge is -2.27. The molecule has 3 rings (SSSR count). The molecule has 2 aromatic carbocycles. The molecule has 0 amide bonds. The summed E-state index contributed by atoms with van der Waals surface area (Å²) in [6.45, 7) is 30.6. The second kappa shape index (κ2) is 10.5. The number of hydrogen-bond acceptors (Lipinski definition) is 2. The maximum Gasteiger partial charge on any atom is 0.120 e. The highest BCUT2D eigenvalue weighted by atomic mass is 16.3. The molecular weight excluding hydrogens is 486 g/mol. The number of aliphatic hydroxyl groups is 1. The molecule has 0 atom stereocenters. The summed E-state index contributed by atoms with van der Waals surface area (Å²) in [4.78, 5) is 4.78. The van der Waals surface area contributed by atoms with Crippen molar-refractivity contribution in [1.29, 1.82) is 0 Å². The molecule has 40 heavy (non-hydrogen) atoms. The molecule has 0 spiro atoms. The Morgan fingerprint density at radius 2 is 0.800 bits per heavy atom. The molecule has 0 bridgehead atoms. The highest BCUT2D eigenvalue weighted by Gasteiger charge is 2.25. The lowest BCUT2D eigenvalue weighted by atomic mass is 9.77. The predicted octanol–water partition coefficient (Wildman–Crippen LogP) is 9.73. The zero-order chi connectivity index (χ0) is 30.5. The van der Waals surface area contributed by atoms with E-state index in [0.29, 0.717) is 0 Å². The summed E-state index contributed by atoms with van der Waals surface area (Å²) in [5.74, 6) is 6.53. The average Bonchev–Trinajstić information content (AvgIpc) is 2.79. The summed E-state index contributed by atoms with van der Waals surface area (Å²) >= 11 is 0. The van der Waals surface area contributed by atoms with Gasteiger partial charge in [-0.3, -0.25) is 4.98 Å². The molecule has 2 heteroatoms. The Morgan fingerprint density at radius 3 is 1.05 bits per heavy atom. The summed E-state index contributed by atoms with van der Waals surface area (Å²) in [7, 11) is 0. The van der Waals surface area contributed by atoms with Crippen LogP contribution in [0.4, 0.5) is 0 Å². The van der Waals surface area contributed by atoms with Gasteiger partial charge in [0.05, 0.1) is 0 Å². The summed E-state index contributed by atoms with van der Waals surface area (Å²) < 4.78 is 0. The Labute approximate surface area is 244 Å². The van der Waals surface area contributed by atoms with Gasteiger partial charge in [-0.25, -0.2) is 0 Å². The van der Waals surface area contributed by atoms with E-state index in [1.165, 1.54) is 22.3 Å². The van der Waals surface area contributed by atoms with Crippen LogP contribution in [0, 0.1) is 11.8 Å². The molecule has 0 aliphatic rings. The van der Waals surface area contributed by atoms with Gasteiger partial charge < -0.3 is 5.11 Å². The fraction of sp³-hybridized carbons (Fsp3) is 0.500. The second-order valence-corrected chi connectivity index (χ2v) is 16.0. The lowest BCUT2D eigenvalue weighted by molar-refractivity contribution is 0.143.